The van der Waals surface area contributed by atoms with E-state index in [1.807, 2.05) is 0 Å². The summed E-state index contributed by atoms with van der Waals surface area (Å²) in [7, 11) is 0. The Morgan fingerprint density at radius 1 is 0.700 bits per heavy atom. The molecule has 0 aromatic carbocycles. The van der Waals surface area contributed by atoms with Crippen molar-refractivity contribution in [3.05, 3.63) is 0 Å². The summed E-state index contributed by atoms with van der Waals surface area (Å²) in [6.07, 6.45) is 2.06. The maximum atomic E-state index is 10.0. The summed E-state index contributed by atoms with van der Waals surface area (Å²) < 4.78 is 0. The van der Waals surface area contributed by atoms with Gasteiger partial charge in [0.1, 0.15) is 23.1 Å². The quantitative estimate of drug-likeness (QED) is 0.335. The lowest BCUT2D eigenvalue weighted by Gasteiger charge is -1.81. The average Bonchev–Trinajstić information content (AvgIpc) is 2.24. The summed E-state index contributed by atoms with van der Waals surface area (Å²) >= 11 is 0. The third kappa shape index (κ3) is 44.9. The first-order chi connectivity index (χ1) is 9.17. The first-order valence-corrected chi connectivity index (χ1v) is 5.48. The molecule has 0 unspecified atom stereocenters. The molecule has 114 valence electrons. The van der Waals surface area contributed by atoms with Crippen LogP contribution in [-0.2, 0) is 19.2 Å². The highest BCUT2D eigenvalue weighted by atomic mass is 16.4. The number of ketones is 4. The number of carbonyl (C=O) groups is 4. The van der Waals surface area contributed by atoms with Crippen molar-refractivity contribution in [3.63, 3.8) is 0 Å². The van der Waals surface area contributed by atoms with E-state index in [0.717, 1.165) is 12.4 Å². The van der Waals surface area contributed by atoms with Crippen molar-refractivity contribution < 1.29 is 29.6 Å². The topological polar surface area (TPSA) is 133 Å². The lowest BCUT2D eigenvalue weighted by Crippen LogP contribution is -1.97. The first kappa shape index (κ1) is 22.8. The monoisotopic (exact) mass is 288 g/mol. The Morgan fingerprint density at radius 2 is 0.900 bits per heavy atom. The van der Waals surface area contributed by atoms with E-state index < -0.39 is 0 Å². The number of hydrogen-bond donors (Lipinski definition) is 2. The molecule has 8 nitrogen and oxygen atoms in total. The number of hydrogen-bond acceptors (Lipinski definition) is 8. The Balaban J connectivity index is -0.000000218. The SMILES string of the molecule is CC(=O)CC(C)=O.CC(=O)CC(C)=O.ON=CC=NO. The fraction of sp³-hybridized carbons (Fsp3) is 0.500. The molecule has 0 bridgehead atoms. The van der Waals surface area contributed by atoms with E-state index in [1.54, 1.807) is 0 Å². The number of carbonyl (C=O) groups excluding carboxylic acids is 4. The van der Waals surface area contributed by atoms with Crippen LogP contribution in [0.2, 0.25) is 0 Å². The van der Waals surface area contributed by atoms with Crippen molar-refractivity contribution >= 4 is 35.6 Å². The van der Waals surface area contributed by atoms with Crippen LogP contribution in [0.3, 0.4) is 0 Å². The highest BCUT2D eigenvalue weighted by molar-refractivity contribution is 6.15. The predicted octanol–water partition coefficient (Wildman–Crippen LogP) is 1.02. The van der Waals surface area contributed by atoms with Gasteiger partial charge in [-0.15, -0.1) is 0 Å². The second-order valence-electron chi connectivity index (χ2n) is 3.69. The number of rotatable bonds is 5. The normalized spacial score (nSPS) is 9.20. The van der Waals surface area contributed by atoms with E-state index in [9.17, 15) is 19.2 Å². The Bertz CT molecular complexity index is 314. The lowest BCUT2D eigenvalue weighted by atomic mass is 10.2. The van der Waals surface area contributed by atoms with Gasteiger partial charge in [0.2, 0.25) is 0 Å². The van der Waals surface area contributed by atoms with Crippen LogP contribution in [-0.4, -0.2) is 46.0 Å². The van der Waals surface area contributed by atoms with Crippen molar-refractivity contribution in [3.8, 4) is 0 Å². The summed E-state index contributed by atoms with van der Waals surface area (Å²) in [5, 5.41) is 20.1. The fourth-order valence-corrected chi connectivity index (χ4v) is 0.761. The predicted molar refractivity (Wildman–Crippen MR) is 72.5 cm³/mol. The Labute approximate surface area is 117 Å². The summed E-state index contributed by atoms with van der Waals surface area (Å²) in [6.45, 7) is 5.62. The minimum absolute atomic E-state index is 0.0625. The van der Waals surface area contributed by atoms with Crippen LogP contribution in [0.4, 0.5) is 0 Å². The van der Waals surface area contributed by atoms with E-state index in [4.69, 9.17) is 10.4 Å². The van der Waals surface area contributed by atoms with Gasteiger partial charge in [-0.05, 0) is 27.7 Å². The van der Waals surface area contributed by atoms with E-state index in [-0.39, 0.29) is 36.0 Å². The molecule has 0 heterocycles. The minimum atomic E-state index is -0.0625. The van der Waals surface area contributed by atoms with Crippen LogP contribution in [0.5, 0.6) is 0 Å². The molecule has 20 heavy (non-hydrogen) atoms. The molecule has 0 radical (unpaired) electrons. The molecular formula is C12H20N2O6. The molecule has 8 heteroatoms. The summed E-state index contributed by atoms with van der Waals surface area (Å²) in [4.78, 5) is 40.1. The summed E-state index contributed by atoms with van der Waals surface area (Å²) in [6, 6.07) is 0. The molecule has 0 aliphatic heterocycles. The van der Waals surface area contributed by atoms with Crippen molar-refractivity contribution in [2.75, 3.05) is 0 Å². The molecule has 0 aromatic rings. The van der Waals surface area contributed by atoms with Crippen LogP contribution in [0, 0.1) is 0 Å². The largest absolute Gasteiger partial charge is 0.411 e. The van der Waals surface area contributed by atoms with Crippen molar-refractivity contribution in [2.24, 2.45) is 10.3 Å². The van der Waals surface area contributed by atoms with Gasteiger partial charge < -0.3 is 10.4 Å². The second kappa shape index (κ2) is 16.6. The van der Waals surface area contributed by atoms with Gasteiger partial charge in [-0.2, -0.15) is 0 Å². The zero-order valence-corrected chi connectivity index (χ0v) is 12.0. The fourth-order valence-electron chi connectivity index (χ4n) is 0.761. The van der Waals surface area contributed by atoms with E-state index in [0.29, 0.717) is 0 Å². The van der Waals surface area contributed by atoms with Gasteiger partial charge >= 0.3 is 0 Å². The minimum Gasteiger partial charge on any atom is -0.411 e. The molecule has 0 saturated heterocycles. The van der Waals surface area contributed by atoms with Gasteiger partial charge in [-0.1, -0.05) is 10.3 Å². The molecule has 0 spiro atoms. The molecule has 0 fully saturated rings. The van der Waals surface area contributed by atoms with Crippen LogP contribution < -0.4 is 0 Å². The molecule has 0 atom stereocenters. The number of oxime groups is 2. The van der Waals surface area contributed by atoms with Crippen LogP contribution >= 0.6 is 0 Å². The molecule has 0 aliphatic rings. The first-order valence-electron chi connectivity index (χ1n) is 5.48. The number of nitrogens with zero attached hydrogens (tertiary/aromatic N) is 2. The van der Waals surface area contributed by atoms with E-state index in [1.165, 1.54) is 27.7 Å². The summed E-state index contributed by atoms with van der Waals surface area (Å²) in [5.41, 5.74) is 0. The van der Waals surface area contributed by atoms with E-state index >= 15 is 0 Å². The molecule has 0 aliphatic carbocycles. The van der Waals surface area contributed by atoms with Gasteiger partial charge in [0.15, 0.2) is 0 Å². The second-order valence-corrected chi connectivity index (χ2v) is 3.69. The number of Topliss-reactive ketones (excluding diaryl/α,β-unsaturated/α-hetero) is 4. The Kier molecular flexibility index (Phi) is 18.9. The van der Waals surface area contributed by atoms with Crippen LogP contribution in [0.1, 0.15) is 40.5 Å². The molecular weight excluding hydrogens is 268 g/mol. The highest BCUT2D eigenvalue weighted by Gasteiger charge is 1.95. The average molecular weight is 288 g/mol. The maximum absolute atomic E-state index is 10.0. The molecule has 0 aromatic heterocycles. The van der Waals surface area contributed by atoms with Gasteiger partial charge in [-0.25, -0.2) is 0 Å². The maximum Gasteiger partial charge on any atom is 0.137 e. The molecule has 0 saturated carbocycles. The van der Waals surface area contributed by atoms with Crippen molar-refractivity contribution in [1.29, 1.82) is 0 Å². The van der Waals surface area contributed by atoms with E-state index in [2.05, 4.69) is 10.3 Å². The van der Waals surface area contributed by atoms with Gasteiger partial charge in [-0.3, -0.25) is 19.2 Å². The standard InChI is InChI=1S/2C5H8O2.C2H4N2O2/c2*1-4(6)3-5(2)7;5-3-1-2-4-6/h2*3H2,1-2H3;1-2,5-6H. The zero-order chi connectivity index (χ0) is 16.6. The Morgan fingerprint density at radius 3 is 0.950 bits per heavy atom. The van der Waals surface area contributed by atoms with Gasteiger partial charge in [0, 0.05) is 0 Å². The smallest absolute Gasteiger partial charge is 0.137 e. The zero-order valence-electron chi connectivity index (χ0n) is 12.0. The molecule has 0 amide bonds. The van der Waals surface area contributed by atoms with Crippen molar-refractivity contribution in [2.45, 2.75) is 40.5 Å². The van der Waals surface area contributed by atoms with Crippen molar-refractivity contribution in [1.82, 2.24) is 0 Å². The lowest BCUT2D eigenvalue weighted by molar-refractivity contribution is -0.126. The Hall–Kier alpha value is -2.38. The molecule has 0 rings (SSSR count). The van der Waals surface area contributed by atoms with Crippen LogP contribution in [0.15, 0.2) is 10.3 Å². The van der Waals surface area contributed by atoms with Gasteiger partial charge in [0.25, 0.3) is 0 Å². The third-order valence-electron chi connectivity index (χ3n) is 1.20. The molecule has 2 N–H and O–H groups in total. The third-order valence-corrected chi connectivity index (χ3v) is 1.20. The highest BCUT2D eigenvalue weighted by Crippen LogP contribution is 1.80. The van der Waals surface area contributed by atoms with Gasteiger partial charge in [0.05, 0.1) is 25.3 Å². The summed E-state index contributed by atoms with van der Waals surface area (Å²) in [5.74, 6) is -0.250. The van der Waals surface area contributed by atoms with Crippen LogP contribution in [0.25, 0.3) is 0 Å².